The third-order valence-electron chi connectivity index (χ3n) is 5.10. The van der Waals surface area contributed by atoms with Gasteiger partial charge in [-0.3, -0.25) is 9.59 Å². The molecular weight excluding hydrogens is 370 g/mol. The van der Waals surface area contributed by atoms with Crippen molar-refractivity contribution in [2.45, 2.75) is 19.9 Å². The Labute approximate surface area is 168 Å². The largest absolute Gasteiger partial charge is 0.480 e. The number of anilines is 1. The molecule has 0 saturated heterocycles. The number of aromatic nitrogens is 1. The van der Waals surface area contributed by atoms with Crippen LogP contribution in [0.15, 0.2) is 47.0 Å². The Morgan fingerprint density at radius 3 is 2.93 bits per heavy atom. The fraction of sp³-hybridized carbons (Fsp3) is 0.227. The second-order valence-electron chi connectivity index (χ2n) is 7.00. The van der Waals surface area contributed by atoms with Crippen LogP contribution < -0.4 is 10.1 Å². The number of furan rings is 1. The molecule has 0 aliphatic carbocycles. The lowest BCUT2D eigenvalue weighted by Gasteiger charge is -2.22. The molecule has 0 spiro atoms. The molecule has 7 heteroatoms. The molecule has 1 aromatic carbocycles. The highest BCUT2D eigenvalue weighted by molar-refractivity contribution is 5.95. The fourth-order valence-corrected chi connectivity index (χ4v) is 3.31. The molecule has 3 aromatic rings. The standard InChI is InChI=1S/C22H21N3O4/c1-13-16-6-4-5-7-17(16)29-21(13)14(2)25(3)20(27)9-8-15-10-18-22(23-11-15)24-19(26)12-28-18/h4-11,14H,12H2,1-3H3,(H,23,24,26). The van der Waals surface area contributed by atoms with Crippen LogP contribution >= 0.6 is 0 Å². The van der Waals surface area contributed by atoms with Gasteiger partial charge < -0.3 is 19.4 Å². The summed E-state index contributed by atoms with van der Waals surface area (Å²) < 4.78 is 11.3. The summed E-state index contributed by atoms with van der Waals surface area (Å²) in [5.74, 6) is 1.24. The quantitative estimate of drug-likeness (QED) is 0.686. The first kappa shape index (κ1) is 18.7. The molecule has 3 heterocycles. The molecule has 29 heavy (non-hydrogen) atoms. The minimum Gasteiger partial charge on any atom is -0.480 e. The first-order valence-corrected chi connectivity index (χ1v) is 9.29. The summed E-state index contributed by atoms with van der Waals surface area (Å²) in [4.78, 5) is 29.8. The van der Waals surface area contributed by atoms with E-state index in [2.05, 4.69) is 10.3 Å². The van der Waals surface area contributed by atoms with E-state index in [-0.39, 0.29) is 24.5 Å². The van der Waals surface area contributed by atoms with Gasteiger partial charge in [-0.1, -0.05) is 18.2 Å². The molecule has 1 N–H and O–H groups in total. The smallest absolute Gasteiger partial charge is 0.263 e. The number of hydrogen-bond donors (Lipinski definition) is 1. The Balaban J connectivity index is 1.50. The minimum atomic E-state index is -0.236. The van der Waals surface area contributed by atoms with Gasteiger partial charge >= 0.3 is 0 Å². The molecule has 0 bridgehead atoms. The maximum absolute atomic E-state index is 12.7. The lowest BCUT2D eigenvalue weighted by molar-refractivity contribution is -0.126. The van der Waals surface area contributed by atoms with E-state index in [9.17, 15) is 9.59 Å². The molecule has 0 fully saturated rings. The molecule has 1 atom stereocenters. The van der Waals surface area contributed by atoms with Crippen molar-refractivity contribution in [2.75, 3.05) is 19.0 Å². The van der Waals surface area contributed by atoms with Crippen LogP contribution in [-0.4, -0.2) is 35.4 Å². The summed E-state index contributed by atoms with van der Waals surface area (Å²) >= 11 is 0. The first-order valence-electron chi connectivity index (χ1n) is 9.29. The van der Waals surface area contributed by atoms with Crippen LogP contribution in [0.5, 0.6) is 5.75 Å². The number of carbonyl (C=O) groups excluding carboxylic acids is 2. The van der Waals surface area contributed by atoms with Crippen LogP contribution in [0.3, 0.4) is 0 Å². The molecule has 1 aliphatic rings. The van der Waals surface area contributed by atoms with E-state index in [1.54, 1.807) is 30.3 Å². The Hall–Kier alpha value is -3.61. The summed E-state index contributed by atoms with van der Waals surface area (Å²) in [5.41, 5.74) is 2.56. The molecule has 7 nitrogen and oxygen atoms in total. The van der Waals surface area contributed by atoms with Crippen LogP contribution in [0.4, 0.5) is 5.82 Å². The van der Waals surface area contributed by atoms with Gasteiger partial charge in [0, 0.05) is 30.3 Å². The van der Waals surface area contributed by atoms with Crippen molar-refractivity contribution >= 4 is 34.7 Å². The second kappa shape index (κ2) is 7.43. The van der Waals surface area contributed by atoms with E-state index in [0.29, 0.717) is 17.1 Å². The second-order valence-corrected chi connectivity index (χ2v) is 7.00. The van der Waals surface area contributed by atoms with Crippen molar-refractivity contribution in [1.82, 2.24) is 9.88 Å². The van der Waals surface area contributed by atoms with E-state index in [4.69, 9.17) is 9.15 Å². The van der Waals surface area contributed by atoms with E-state index < -0.39 is 0 Å². The average Bonchev–Trinajstić information content (AvgIpc) is 3.07. The number of benzene rings is 1. The molecule has 4 rings (SSSR count). The summed E-state index contributed by atoms with van der Waals surface area (Å²) in [6, 6.07) is 9.35. The number of aryl methyl sites for hydroxylation is 1. The number of fused-ring (bicyclic) bond motifs is 2. The monoisotopic (exact) mass is 391 g/mol. The van der Waals surface area contributed by atoms with Crippen molar-refractivity contribution in [3.63, 3.8) is 0 Å². The third kappa shape index (κ3) is 3.59. The zero-order valence-electron chi connectivity index (χ0n) is 16.4. The number of nitrogens with one attached hydrogen (secondary N) is 1. The summed E-state index contributed by atoms with van der Waals surface area (Å²) in [5, 5.41) is 3.69. The van der Waals surface area contributed by atoms with Crippen molar-refractivity contribution in [3.05, 3.63) is 59.5 Å². The number of hydrogen-bond acceptors (Lipinski definition) is 5. The van der Waals surface area contributed by atoms with Crippen molar-refractivity contribution in [1.29, 1.82) is 0 Å². The van der Waals surface area contributed by atoms with Gasteiger partial charge in [0.05, 0.1) is 6.04 Å². The number of likely N-dealkylation sites (N-methyl/N-ethyl adjacent to an activating group) is 1. The molecule has 2 aromatic heterocycles. The van der Waals surface area contributed by atoms with Gasteiger partial charge in [0.1, 0.15) is 11.3 Å². The summed E-state index contributed by atoms with van der Waals surface area (Å²) in [6.07, 6.45) is 4.73. The molecule has 2 amide bonds. The number of carbonyl (C=O) groups is 2. The molecular formula is C22H21N3O4. The SMILES string of the molecule is Cc1c(C(C)N(C)C(=O)C=Cc2cnc3c(c2)OCC(=O)N3)oc2ccccc12. The predicted molar refractivity (Wildman–Crippen MR) is 110 cm³/mol. The summed E-state index contributed by atoms with van der Waals surface area (Å²) in [6.45, 7) is 3.90. The first-order chi connectivity index (χ1) is 13.9. The molecule has 148 valence electrons. The average molecular weight is 391 g/mol. The van der Waals surface area contributed by atoms with Crippen LogP contribution in [0.25, 0.3) is 17.0 Å². The van der Waals surface area contributed by atoms with Gasteiger partial charge in [0.15, 0.2) is 18.2 Å². The zero-order chi connectivity index (χ0) is 20.5. The molecule has 0 saturated carbocycles. The van der Waals surface area contributed by atoms with E-state index >= 15 is 0 Å². The number of para-hydroxylation sites is 1. The van der Waals surface area contributed by atoms with Crippen LogP contribution in [0.2, 0.25) is 0 Å². The Morgan fingerprint density at radius 1 is 1.34 bits per heavy atom. The zero-order valence-corrected chi connectivity index (χ0v) is 16.4. The highest BCUT2D eigenvalue weighted by Crippen LogP contribution is 2.32. The van der Waals surface area contributed by atoms with Crippen molar-refractivity contribution < 1.29 is 18.7 Å². The number of rotatable bonds is 4. The van der Waals surface area contributed by atoms with Gasteiger partial charge in [-0.05, 0) is 37.6 Å². The van der Waals surface area contributed by atoms with Gasteiger partial charge in [-0.15, -0.1) is 0 Å². The van der Waals surface area contributed by atoms with Crippen LogP contribution in [0.1, 0.15) is 29.9 Å². The molecule has 1 unspecified atom stereocenters. The molecule has 0 radical (unpaired) electrons. The van der Waals surface area contributed by atoms with E-state index in [0.717, 1.165) is 22.3 Å². The Morgan fingerprint density at radius 2 is 2.14 bits per heavy atom. The minimum absolute atomic E-state index is 0.0438. The van der Waals surface area contributed by atoms with Crippen LogP contribution in [0, 0.1) is 6.92 Å². The number of ether oxygens (including phenoxy) is 1. The van der Waals surface area contributed by atoms with Gasteiger partial charge in [-0.2, -0.15) is 0 Å². The van der Waals surface area contributed by atoms with E-state index in [1.165, 1.54) is 6.08 Å². The number of pyridine rings is 1. The Bertz CT molecular complexity index is 1130. The molecule has 1 aliphatic heterocycles. The lowest BCUT2D eigenvalue weighted by atomic mass is 10.1. The maximum atomic E-state index is 12.7. The highest BCUT2D eigenvalue weighted by atomic mass is 16.5. The van der Waals surface area contributed by atoms with Gasteiger partial charge in [0.2, 0.25) is 5.91 Å². The van der Waals surface area contributed by atoms with E-state index in [1.807, 2.05) is 38.1 Å². The van der Waals surface area contributed by atoms with Crippen molar-refractivity contribution in [3.8, 4) is 5.75 Å². The fourth-order valence-electron chi connectivity index (χ4n) is 3.31. The van der Waals surface area contributed by atoms with Crippen LogP contribution in [-0.2, 0) is 9.59 Å². The highest BCUT2D eigenvalue weighted by Gasteiger charge is 2.22. The summed E-state index contributed by atoms with van der Waals surface area (Å²) in [7, 11) is 1.74. The number of amides is 2. The van der Waals surface area contributed by atoms with Gasteiger partial charge in [0.25, 0.3) is 5.91 Å². The predicted octanol–water partition coefficient (Wildman–Crippen LogP) is 3.70. The normalized spacial score (nSPS) is 14.4. The third-order valence-corrected chi connectivity index (χ3v) is 5.10. The topological polar surface area (TPSA) is 84.7 Å². The maximum Gasteiger partial charge on any atom is 0.263 e. The number of nitrogens with zero attached hydrogens (tertiary/aromatic N) is 2. The van der Waals surface area contributed by atoms with Gasteiger partial charge in [-0.25, -0.2) is 4.98 Å². The van der Waals surface area contributed by atoms with Crippen molar-refractivity contribution in [2.24, 2.45) is 0 Å². The lowest BCUT2D eigenvalue weighted by Crippen LogP contribution is -2.28. The Kier molecular flexibility index (Phi) is 4.80.